The highest BCUT2D eigenvalue weighted by Gasteiger charge is 2.41. The van der Waals surface area contributed by atoms with Crippen LogP contribution in [0.25, 0.3) is 0 Å². The SMILES string of the molecule is Cc1ccc(C(=O)NCCCN2CC3CN(C(=O)c4cccc(Br)c4C)CC3C2)cc1Cl. The topological polar surface area (TPSA) is 52.7 Å². The second-order valence-corrected chi connectivity index (χ2v) is 10.2. The van der Waals surface area contributed by atoms with E-state index in [0.29, 0.717) is 29.0 Å². The second kappa shape index (κ2) is 9.94. The van der Waals surface area contributed by atoms with E-state index in [0.717, 1.165) is 60.3 Å². The van der Waals surface area contributed by atoms with Gasteiger partial charge in [-0.25, -0.2) is 0 Å². The van der Waals surface area contributed by atoms with Gasteiger partial charge in [0.25, 0.3) is 11.8 Å². The Hall–Kier alpha value is -1.89. The molecule has 2 amide bonds. The van der Waals surface area contributed by atoms with Crippen LogP contribution in [0.5, 0.6) is 0 Å². The fourth-order valence-corrected chi connectivity index (χ4v) is 5.34. The van der Waals surface area contributed by atoms with Crippen molar-refractivity contribution in [2.75, 3.05) is 39.3 Å². The molecule has 0 bridgehead atoms. The third-order valence-electron chi connectivity index (χ3n) is 6.72. The highest BCUT2D eigenvalue weighted by atomic mass is 79.9. The van der Waals surface area contributed by atoms with Gasteiger partial charge in [0.1, 0.15) is 0 Å². The Labute approximate surface area is 203 Å². The van der Waals surface area contributed by atoms with Crippen LogP contribution in [0.15, 0.2) is 40.9 Å². The molecule has 2 heterocycles. The van der Waals surface area contributed by atoms with Gasteiger partial charge in [-0.05, 0) is 74.0 Å². The summed E-state index contributed by atoms with van der Waals surface area (Å²) in [5.41, 5.74) is 3.37. The van der Waals surface area contributed by atoms with Crippen molar-refractivity contribution in [2.24, 2.45) is 11.8 Å². The monoisotopic (exact) mass is 517 g/mol. The molecule has 2 aromatic rings. The second-order valence-electron chi connectivity index (χ2n) is 8.98. The average molecular weight is 519 g/mol. The fraction of sp³-hybridized carbons (Fsp3) is 0.440. The number of carbonyl (C=O) groups excluding carboxylic acids is 2. The molecule has 0 aromatic heterocycles. The normalized spacial score (nSPS) is 20.4. The number of hydrogen-bond donors (Lipinski definition) is 1. The molecule has 2 aliphatic rings. The van der Waals surface area contributed by atoms with Crippen LogP contribution in [0.3, 0.4) is 0 Å². The van der Waals surface area contributed by atoms with Gasteiger partial charge >= 0.3 is 0 Å². The third-order valence-corrected chi connectivity index (χ3v) is 7.98. The predicted molar refractivity (Wildman–Crippen MR) is 131 cm³/mol. The Bertz CT molecular complexity index is 1010. The minimum atomic E-state index is -0.0813. The molecule has 0 aliphatic carbocycles. The Morgan fingerprint density at radius 2 is 1.81 bits per heavy atom. The molecule has 7 heteroatoms. The smallest absolute Gasteiger partial charge is 0.254 e. The molecule has 2 saturated heterocycles. The molecule has 0 saturated carbocycles. The lowest BCUT2D eigenvalue weighted by Crippen LogP contribution is -2.34. The maximum atomic E-state index is 13.0. The maximum Gasteiger partial charge on any atom is 0.254 e. The van der Waals surface area contributed by atoms with Crippen LogP contribution in [-0.2, 0) is 0 Å². The van der Waals surface area contributed by atoms with Crippen LogP contribution < -0.4 is 5.32 Å². The number of benzene rings is 2. The summed E-state index contributed by atoms with van der Waals surface area (Å²) >= 11 is 9.65. The van der Waals surface area contributed by atoms with E-state index in [9.17, 15) is 9.59 Å². The number of hydrogen-bond acceptors (Lipinski definition) is 3. The van der Waals surface area contributed by atoms with E-state index in [1.54, 1.807) is 12.1 Å². The largest absolute Gasteiger partial charge is 0.352 e. The molecule has 1 N–H and O–H groups in total. The molecule has 2 unspecified atom stereocenters. The van der Waals surface area contributed by atoms with E-state index >= 15 is 0 Å². The first-order valence-electron chi connectivity index (χ1n) is 11.1. The molecule has 2 aliphatic heterocycles. The molecule has 4 rings (SSSR count). The van der Waals surface area contributed by atoms with Gasteiger partial charge in [0, 0.05) is 53.3 Å². The van der Waals surface area contributed by atoms with Crippen molar-refractivity contribution in [3.05, 3.63) is 68.1 Å². The quantitative estimate of drug-likeness (QED) is 0.571. The number of carbonyl (C=O) groups is 2. The number of fused-ring (bicyclic) bond motifs is 1. The fourth-order valence-electron chi connectivity index (χ4n) is 4.79. The zero-order valence-electron chi connectivity index (χ0n) is 18.5. The highest BCUT2D eigenvalue weighted by Crippen LogP contribution is 2.32. The van der Waals surface area contributed by atoms with Gasteiger partial charge < -0.3 is 15.1 Å². The third kappa shape index (κ3) is 5.03. The van der Waals surface area contributed by atoms with Crippen molar-refractivity contribution in [3.8, 4) is 0 Å². The van der Waals surface area contributed by atoms with Crippen LogP contribution >= 0.6 is 27.5 Å². The molecule has 5 nitrogen and oxygen atoms in total. The number of amides is 2. The highest BCUT2D eigenvalue weighted by molar-refractivity contribution is 9.10. The summed E-state index contributed by atoms with van der Waals surface area (Å²) in [6, 6.07) is 11.2. The lowest BCUT2D eigenvalue weighted by molar-refractivity contribution is 0.0773. The summed E-state index contributed by atoms with van der Waals surface area (Å²) in [6.07, 6.45) is 0.907. The van der Waals surface area contributed by atoms with Gasteiger partial charge in [-0.3, -0.25) is 9.59 Å². The van der Waals surface area contributed by atoms with Crippen molar-refractivity contribution in [3.63, 3.8) is 0 Å². The summed E-state index contributed by atoms with van der Waals surface area (Å²) in [7, 11) is 0. The lowest BCUT2D eigenvalue weighted by Gasteiger charge is -2.22. The molecule has 0 spiro atoms. The van der Waals surface area contributed by atoms with Gasteiger partial charge in [-0.2, -0.15) is 0 Å². The van der Waals surface area contributed by atoms with Gasteiger partial charge in [0.15, 0.2) is 0 Å². The van der Waals surface area contributed by atoms with Gasteiger partial charge in [-0.15, -0.1) is 0 Å². The number of likely N-dealkylation sites (tertiary alicyclic amines) is 2. The van der Waals surface area contributed by atoms with E-state index in [2.05, 4.69) is 26.1 Å². The number of rotatable bonds is 6. The molecule has 2 fully saturated rings. The number of nitrogens with one attached hydrogen (secondary N) is 1. The molecule has 0 radical (unpaired) electrons. The Kier molecular flexibility index (Phi) is 7.23. The molecule has 2 aromatic carbocycles. The lowest BCUT2D eigenvalue weighted by atomic mass is 10.0. The van der Waals surface area contributed by atoms with E-state index in [1.807, 2.05) is 43.0 Å². The minimum absolute atomic E-state index is 0.0813. The summed E-state index contributed by atoms with van der Waals surface area (Å²) in [4.78, 5) is 29.8. The summed E-state index contributed by atoms with van der Waals surface area (Å²) in [5, 5.41) is 3.60. The van der Waals surface area contributed by atoms with Crippen LogP contribution in [0.1, 0.15) is 38.3 Å². The van der Waals surface area contributed by atoms with Crippen LogP contribution in [-0.4, -0.2) is 60.9 Å². The zero-order valence-corrected chi connectivity index (χ0v) is 20.9. The van der Waals surface area contributed by atoms with Crippen LogP contribution in [0, 0.1) is 25.7 Å². The van der Waals surface area contributed by atoms with Crippen molar-refractivity contribution >= 4 is 39.3 Å². The predicted octanol–water partition coefficient (Wildman–Crippen LogP) is 4.54. The summed E-state index contributed by atoms with van der Waals surface area (Å²) in [6.45, 7) is 9.21. The van der Waals surface area contributed by atoms with Gasteiger partial charge in [0.2, 0.25) is 0 Å². The first-order chi connectivity index (χ1) is 15.3. The van der Waals surface area contributed by atoms with E-state index < -0.39 is 0 Å². The average Bonchev–Trinajstić information content (AvgIpc) is 3.33. The standard InChI is InChI=1S/C25H29BrClN3O2/c1-16-7-8-18(11-23(16)27)24(31)28-9-4-10-29-12-19-14-30(15-20(19)13-29)25(32)21-5-3-6-22(26)17(21)2/h3,5-8,11,19-20H,4,9-10,12-15H2,1-2H3,(H,28,31). The Morgan fingerprint density at radius 1 is 1.09 bits per heavy atom. The zero-order chi connectivity index (χ0) is 22.8. The van der Waals surface area contributed by atoms with E-state index in [-0.39, 0.29) is 11.8 Å². The first kappa shape index (κ1) is 23.3. The summed E-state index contributed by atoms with van der Waals surface area (Å²) in [5.74, 6) is 1.14. The molecular formula is C25H29BrClN3O2. The van der Waals surface area contributed by atoms with Crippen molar-refractivity contribution < 1.29 is 9.59 Å². The number of aryl methyl sites for hydroxylation is 1. The molecule has 2 atom stereocenters. The Balaban J connectivity index is 1.20. The molecule has 32 heavy (non-hydrogen) atoms. The molecule has 170 valence electrons. The van der Waals surface area contributed by atoms with Crippen LogP contribution in [0.2, 0.25) is 5.02 Å². The number of nitrogens with zero attached hydrogens (tertiary/aromatic N) is 2. The van der Waals surface area contributed by atoms with Crippen molar-refractivity contribution in [1.82, 2.24) is 15.1 Å². The van der Waals surface area contributed by atoms with E-state index in [1.165, 1.54) is 0 Å². The minimum Gasteiger partial charge on any atom is -0.352 e. The van der Waals surface area contributed by atoms with Crippen molar-refractivity contribution in [2.45, 2.75) is 20.3 Å². The molecular weight excluding hydrogens is 490 g/mol. The summed E-state index contributed by atoms with van der Waals surface area (Å²) < 4.78 is 0.978. The van der Waals surface area contributed by atoms with Crippen molar-refractivity contribution in [1.29, 1.82) is 0 Å². The van der Waals surface area contributed by atoms with Gasteiger partial charge in [-0.1, -0.05) is 39.7 Å². The van der Waals surface area contributed by atoms with Crippen LogP contribution in [0.4, 0.5) is 0 Å². The maximum absolute atomic E-state index is 13.0. The number of halogens is 2. The van der Waals surface area contributed by atoms with E-state index in [4.69, 9.17) is 11.6 Å². The first-order valence-corrected chi connectivity index (χ1v) is 12.3. The Morgan fingerprint density at radius 3 is 2.50 bits per heavy atom. The van der Waals surface area contributed by atoms with Gasteiger partial charge in [0.05, 0.1) is 0 Å².